The molecule has 1 saturated heterocycles. The van der Waals surface area contributed by atoms with Crippen molar-refractivity contribution in [1.29, 1.82) is 0 Å². The molecule has 204 valence electrons. The molecule has 4 aromatic heterocycles. The number of aromatic amines is 2. The SMILES string of the molecule is CN1CCN(c2cc(NC(=O)c3cc4ccc(-c5nccc(Nc6ccc7[nH]ncc7c6)n5)cc4[nH]3)ccn2)CC1. The van der Waals surface area contributed by atoms with Crippen LogP contribution in [-0.2, 0) is 0 Å². The summed E-state index contributed by atoms with van der Waals surface area (Å²) in [6, 6.07) is 19.2. The average molecular weight is 545 g/mol. The molecule has 0 saturated carbocycles. The number of hydrogen-bond donors (Lipinski definition) is 4. The third-order valence-corrected chi connectivity index (χ3v) is 7.32. The fraction of sp³-hybridized carbons (Fsp3) is 0.167. The highest BCUT2D eigenvalue weighted by atomic mass is 16.1. The molecule has 1 aliphatic heterocycles. The standard InChI is InChI=1S/C30H28N10O/c1-39-10-12-40(13-11-39)28-17-23(6-8-31-28)35-30(41)26-15-19-2-3-20(16-25(19)36-26)29-32-9-7-27(37-29)34-22-4-5-24-21(14-22)18-33-38-24/h2-9,14-18,36H,10-13H2,1H3,(H,33,38)(H,31,35,41)(H,32,34,37). The zero-order valence-electron chi connectivity index (χ0n) is 22.4. The van der Waals surface area contributed by atoms with Crippen molar-refractivity contribution in [2.45, 2.75) is 0 Å². The van der Waals surface area contributed by atoms with Gasteiger partial charge in [0.15, 0.2) is 5.82 Å². The van der Waals surface area contributed by atoms with E-state index in [2.05, 4.69) is 52.6 Å². The van der Waals surface area contributed by atoms with Crippen LogP contribution in [-0.4, -0.2) is 74.2 Å². The first-order valence-electron chi connectivity index (χ1n) is 13.4. The molecule has 11 nitrogen and oxygen atoms in total. The molecule has 0 bridgehead atoms. The van der Waals surface area contributed by atoms with Crippen LogP contribution in [0.5, 0.6) is 0 Å². The van der Waals surface area contributed by atoms with Crippen molar-refractivity contribution in [2.24, 2.45) is 0 Å². The van der Waals surface area contributed by atoms with Crippen LogP contribution >= 0.6 is 0 Å². The summed E-state index contributed by atoms with van der Waals surface area (Å²) in [5, 5.41) is 15.3. The molecule has 1 aliphatic rings. The van der Waals surface area contributed by atoms with Crippen molar-refractivity contribution in [1.82, 2.24) is 35.0 Å². The zero-order valence-corrected chi connectivity index (χ0v) is 22.4. The first-order valence-corrected chi connectivity index (χ1v) is 13.4. The Morgan fingerprint density at radius 2 is 1.73 bits per heavy atom. The minimum absolute atomic E-state index is 0.213. The number of rotatable bonds is 6. The Labute approximate surface area is 235 Å². The molecule has 6 aromatic rings. The van der Waals surface area contributed by atoms with Gasteiger partial charge in [0.05, 0.1) is 11.7 Å². The molecule has 5 heterocycles. The van der Waals surface area contributed by atoms with E-state index in [1.165, 1.54) is 0 Å². The van der Waals surface area contributed by atoms with Gasteiger partial charge in [-0.1, -0.05) is 12.1 Å². The number of hydrogen-bond acceptors (Lipinski definition) is 8. The van der Waals surface area contributed by atoms with E-state index >= 15 is 0 Å². The maximum Gasteiger partial charge on any atom is 0.272 e. The predicted molar refractivity (Wildman–Crippen MR) is 161 cm³/mol. The highest BCUT2D eigenvalue weighted by Crippen LogP contribution is 2.26. The molecule has 2 aromatic carbocycles. The number of nitrogens with one attached hydrogen (secondary N) is 4. The number of carbonyl (C=O) groups is 1. The van der Waals surface area contributed by atoms with Crippen LogP contribution in [0.2, 0.25) is 0 Å². The Morgan fingerprint density at radius 1 is 0.854 bits per heavy atom. The molecule has 7 rings (SSSR count). The van der Waals surface area contributed by atoms with Gasteiger partial charge in [0.25, 0.3) is 5.91 Å². The summed E-state index contributed by atoms with van der Waals surface area (Å²) >= 11 is 0. The fourth-order valence-corrected chi connectivity index (χ4v) is 5.03. The molecular formula is C30H28N10O. The molecule has 0 radical (unpaired) electrons. The molecule has 1 fully saturated rings. The van der Waals surface area contributed by atoms with Crippen molar-refractivity contribution < 1.29 is 4.79 Å². The van der Waals surface area contributed by atoms with Gasteiger partial charge in [0, 0.05) is 77.9 Å². The average Bonchev–Trinajstić information content (AvgIpc) is 3.64. The second kappa shape index (κ2) is 10.4. The number of nitrogens with zero attached hydrogens (tertiary/aromatic N) is 6. The second-order valence-corrected chi connectivity index (χ2v) is 10.2. The van der Waals surface area contributed by atoms with E-state index in [0.29, 0.717) is 23.0 Å². The smallest absolute Gasteiger partial charge is 0.272 e. The van der Waals surface area contributed by atoms with Crippen LogP contribution in [0.3, 0.4) is 0 Å². The molecule has 0 unspecified atom stereocenters. The maximum absolute atomic E-state index is 13.1. The van der Waals surface area contributed by atoms with Gasteiger partial charge in [-0.25, -0.2) is 15.0 Å². The van der Waals surface area contributed by atoms with Gasteiger partial charge in [0.1, 0.15) is 17.3 Å². The van der Waals surface area contributed by atoms with Gasteiger partial charge in [-0.05, 0) is 49.5 Å². The van der Waals surface area contributed by atoms with Gasteiger partial charge in [0.2, 0.25) is 0 Å². The number of piperazine rings is 1. The van der Waals surface area contributed by atoms with E-state index in [9.17, 15) is 4.79 Å². The van der Waals surface area contributed by atoms with Gasteiger partial charge < -0.3 is 25.4 Å². The Balaban J connectivity index is 1.08. The first kappa shape index (κ1) is 24.7. The maximum atomic E-state index is 13.1. The lowest BCUT2D eigenvalue weighted by Crippen LogP contribution is -2.44. The number of aromatic nitrogens is 6. The van der Waals surface area contributed by atoms with Gasteiger partial charge in [-0.15, -0.1) is 0 Å². The first-order chi connectivity index (χ1) is 20.1. The normalized spacial score (nSPS) is 14.0. The quantitative estimate of drug-likeness (QED) is 0.239. The number of pyridine rings is 1. The number of anilines is 4. The molecular weight excluding hydrogens is 516 g/mol. The van der Waals surface area contributed by atoms with E-state index in [0.717, 1.165) is 65.1 Å². The van der Waals surface area contributed by atoms with Crippen LogP contribution in [0.25, 0.3) is 33.2 Å². The van der Waals surface area contributed by atoms with Gasteiger partial charge >= 0.3 is 0 Å². The molecule has 4 N–H and O–H groups in total. The van der Waals surface area contributed by atoms with Crippen LogP contribution in [0, 0.1) is 0 Å². The van der Waals surface area contributed by atoms with Crippen molar-refractivity contribution in [3.05, 3.63) is 84.9 Å². The zero-order chi connectivity index (χ0) is 27.8. The van der Waals surface area contributed by atoms with Crippen molar-refractivity contribution >= 4 is 50.7 Å². The monoisotopic (exact) mass is 544 g/mol. The Kier molecular flexibility index (Phi) is 6.25. The van der Waals surface area contributed by atoms with E-state index in [4.69, 9.17) is 4.98 Å². The lowest BCUT2D eigenvalue weighted by Gasteiger charge is -2.33. The van der Waals surface area contributed by atoms with Crippen LogP contribution < -0.4 is 15.5 Å². The van der Waals surface area contributed by atoms with E-state index < -0.39 is 0 Å². The van der Waals surface area contributed by atoms with E-state index in [-0.39, 0.29) is 5.91 Å². The number of fused-ring (bicyclic) bond motifs is 2. The summed E-state index contributed by atoms with van der Waals surface area (Å²) in [6.07, 6.45) is 5.25. The number of H-pyrrole nitrogens is 2. The minimum Gasteiger partial charge on any atom is -0.354 e. The molecule has 0 spiro atoms. The van der Waals surface area contributed by atoms with Crippen molar-refractivity contribution in [2.75, 3.05) is 48.8 Å². The van der Waals surface area contributed by atoms with E-state index in [1.807, 2.05) is 60.7 Å². The largest absolute Gasteiger partial charge is 0.354 e. The summed E-state index contributed by atoms with van der Waals surface area (Å²) in [6.45, 7) is 3.80. The topological polar surface area (TPSA) is 131 Å². The fourth-order valence-electron chi connectivity index (χ4n) is 5.03. The Hall–Kier alpha value is -5.29. The lowest BCUT2D eigenvalue weighted by molar-refractivity contribution is 0.102. The summed E-state index contributed by atoms with van der Waals surface area (Å²) in [7, 11) is 2.12. The van der Waals surface area contributed by atoms with E-state index in [1.54, 1.807) is 18.6 Å². The third-order valence-electron chi connectivity index (χ3n) is 7.32. The van der Waals surface area contributed by atoms with Crippen LogP contribution in [0.15, 0.2) is 79.3 Å². The molecule has 1 amide bonds. The highest BCUT2D eigenvalue weighted by molar-refractivity contribution is 6.06. The van der Waals surface area contributed by atoms with Crippen molar-refractivity contribution in [3.63, 3.8) is 0 Å². The Bertz CT molecular complexity index is 1870. The van der Waals surface area contributed by atoms with Gasteiger partial charge in [-0.3, -0.25) is 9.89 Å². The third kappa shape index (κ3) is 5.18. The molecule has 41 heavy (non-hydrogen) atoms. The summed E-state index contributed by atoms with van der Waals surface area (Å²) in [5.41, 5.74) is 4.73. The van der Waals surface area contributed by atoms with Crippen molar-refractivity contribution in [3.8, 4) is 11.4 Å². The predicted octanol–water partition coefficient (Wildman–Crippen LogP) is 4.64. The van der Waals surface area contributed by atoms with Crippen LogP contribution in [0.4, 0.5) is 23.0 Å². The Morgan fingerprint density at radius 3 is 2.63 bits per heavy atom. The van der Waals surface area contributed by atoms with Crippen LogP contribution in [0.1, 0.15) is 10.5 Å². The number of carbonyl (C=O) groups excluding carboxylic acids is 1. The number of benzene rings is 2. The van der Waals surface area contributed by atoms with Gasteiger partial charge in [-0.2, -0.15) is 5.10 Å². The summed E-state index contributed by atoms with van der Waals surface area (Å²) in [5.74, 6) is 1.92. The summed E-state index contributed by atoms with van der Waals surface area (Å²) < 4.78 is 0. The minimum atomic E-state index is -0.213. The molecule has 0 atom stereocenters. The summed E-state index contributed by atoms with van der Waals surface area (Å²) in [4.78, 5) is 34.6. The number of likely N-dealkylation sites (N-methyl/N-ethyl adjacent to an activating group) is 1. The lowest BCUT2D eigenvalue weighted by atomic mass is 10.1. The molecule has 11 heteroatoms. The highest BCUT2D eigenvalue weighted by Gasteiger charge is 2.17. The number of amides is 1. The molecule has 0 aliphatic carbocycles. The second-order valence-electron chi connectivity index (χ2n) is 10.2.